The SMILES string of the molecule is COc1ccc(OC)c(NC(=O)c2ccc(N3C(=O)[C@@H]4[C@H]5C[C@@H]([C@H](Br)[C@H]5Br)[C@H]4C3=O)cc2)c1. The molecule has 2 aromatic carbocycles. The number of fused-ring (bicyclic) bond motifs is 5. The summed E-state index contributed by atoms with van der Waals surface area (Å²) >= 11 is 7.41. The lowest BCUT2D eigenvalue weighted by Crippen LogP contribution is -2.37. The number of methoxy groups -OCH3 is 2. The van der Waals surface area contributed by atoms with Gasteiger partial charge < -0.3 is 14.8 Å². The number of anilines is 2. The summed E-state index contributed by atoms with van der Waals surface area (Å²) in [5, 5.41) is 2.82. The Morgan fingerprint density at radius 3 is 2.09 bits per heavy atom. The Kier molecular flexibility index (Phi) is 5.73. The van der Waals surface area contributed by atoms with Crippen molar-refractivity contribution in [3.05, 3.63) is 48.0 Å². The Morgan fingerprint density at radius 2 is 1.55 bits per heavy atom. The number of ether oxygens (including phenoxy) is 2. The fraction of sp³-hybridized carbons (Fsp3) is 0.375. The van der Waals surface area contributed by atoms with Gasteiger partial charge in [0.1, 0.15) is 11.5 Å². The molecule has 2 saturated carbocycles. The van der Waals surface area contributed by atoms with Crippen molar-refractivity contribution in [1.82, 2.24) is 0 Å². The van der Waals surface area contributed by atoms with Gasteiger partial charge in [-0.3, -0.25) is 19.3 Å². The molecule has 0 unspecified atom stereocenters. The molecule has 1 heterocycles. The molecule has 1 N–H and O–H groups in total. The first kappa shape index (κ1) is 22.4. The van der Waals surface area contributed by atoms with E-state index in [1.807, 2.05) is 0 Å². The Hall–Kier alpha value is -2.39. The number of alkyl halides is 2. The van der Waals surface area contributed by atoms with Crippen LogP contribution in [-0.2, 0) is 9.59 Å². The van der Waals surface area contributed by atoms with Crippen LogP contribution in [0.15, 0.2) is 42.5 Å². The van der Waals surface area contributed by atoms with Crippen molar-refractivity contribution in [3.63, 3.8) is 0 Å². The normalized spacial score (nSPS) is 29.9. The van der Waals surface area contributed by atoms with Crippen molar-refractivity contribution in [1.29, 1.82) is 0 Å². The van der Waals surface area contributed by atoms with Crippen LogP contribution in [0.5, 0.6) is 11.5 Å². The second kappa shape index (κ2) is 8.43. The molecule has 172 valence electrons. The number of nitrogens with zero attached hydrogens (tertiary/aromatic N) is 1. The molecule has 2 aromatic rings. The van der Waals surface area contributed by atoms with Crippen LogP contribution >= 0.6 is 31.9 Å². The van der Waals surface area contributed by atoms with Gasteiger partial charge in [-0.25, -0.2) is 0 Å². The highest BCUT2D eigenvalue weighted by Gasteiger charge is 2.66. The Labute approximate surface area is 208 Å². The number of carbonyl (C=O) groups is 3. The van der Waals surface area contributed by atoms with Gasteiger partial charge in [-0.05, 0) is 54.7 Å². The minimum Gasteiger partial charge on any atom is -0.497 e. The highest BCUT2D eigenvalue weighted by atomic mass is 79.9. The largest absolute Gasteiger partial charge is 0.497 e. The van der Waals surface area contributed by atoms with Gasteiger partial charge in [-0.2, -0.15) is 0 Å². The third-order valence-corrected chi connectivity index (χ3v) is 10.2. The predicted octanol–water partition coefficient (Wildman–Crippen LogP) is 4.24. The molecule has 5 rings (SSSR count). The lowest BCUT2D eigenvalue weighted by Gasteiger charge is -2.28. The smallest absolute Gasteiger partial charge is 0.255 e. The molecule has 0 spiro atoms. The van der Waals surface area contributed by atoms with E-state index in [0.29, 0.717) is 28.4 Å². The summed E-state index contributed by atoms with van der Waals surface area (Å²) in [6, 6.07) is 11.6. The minimum absolute atomic E-state index is 0.139. The zero-order valence-corrected chi connectivity index (χ0v) is 21.1. The molecule has 7 nitrogen and oxygen atoms in total. The van der Waals surface area contributed by atoms with Gasteiger partial charge in [0.05, 0.1) is 37.4 Å². The standard InChI is InChI=1S/C24H22Br2N2O5/c1-32-13-7-8-17(33-2)16(9-13)27-22(29)11-3-5-12(6-4-11)28-23(30)18-14-10-15(19(18)24(28)31)21(26)20(14)25/h3-9,14-15,18-21H,10H2,1-2H3,(H,27,29)/t14-,15-,18-,19-,20+,21+/m1/s1. The molecule has 2 aliphatic carbocycles. The summed E-state index contributed by atoms with van der Waals surface area (Å²) < 4.78 is 10.5. The van der Waals surface area contributed by atoms with E-state index in [2.05, 4.69) is 37.2 Å². The zero-order chi connectivity index (χ0) is 23.4. The lowest BCUT2D eigenvalue weighted by atomic mass is 9.81. The number of halogens is 2. The van der Waals surface area contributed by atoms with Crippen molar-refractivity contribution in [3.8, 4) is 11.5 Å². The molecule has 3 amide bonds. The van der Waals surface area contributed by atoms with E-state index in [4.69, 9.17) is 9.47 Å². The quantitative estimate of drug-likeness (QED) is 0.424. The fourth-order valence-corrected chi connectivity index (χ4v) is 7.34. The molecule has 9 heteroatoms. The molecule has 3 aliphatic rings. The van der Waals surface area contributed by atoms with Crippen LogP contribution in [0.25, 0.3) is 0 Å². The third kappa shape index (κ3) is 3.47. The van der Waals surface area contributed by atoms with Crippen LogP contribution in [0, 0.1) is 23.7 Å². The molecule has 1 aliphatic heterocycles. The van der Waals surface area contributed by atoms with Crippen molar-refractivity contribution in [2.75, 3.05) is 24.4 Å². The first-order valence-corrected chi connectivity index (χ1v) is 12.5. The van der Waals surface area contributed by atoms with Gasteiger partial charge in [0.25, 0.3) is 5.91 Å². The number of carbonyl (C=O) groups excluding carboxylic acids is 3. The molecule has 0 aromatic heterocycles. The van der Waals surface area contributed by atoms with Gasteiger partial charge in [0.2, 0.25) is 11.8 Å². The Balaban J connectivity index is 1.35. The first-order valence-electron chi connectivity index (χ1n) is 10.6. The van der Waals surface area contributed by atoms with Gasteiger partial charge >= 0.3 is 0 Å². The van der Waals surface area contributed by atoms with E-state index >= 15 is 0 Å². The van der Waals surface area contributed by atoms with Crippen LogP contribution < -0.4 is 19.7 Å². The summed E-state index contributed by atoms with van der Waals surface area (Å²) in [5.74, 6) is 0.246. The monoisotopic (exact) mass is 576 g/mol. The number of imide groups is 1. The molecule has 0 radical (unpaired) electrons. The summed E-state index contributed by atoms with van der Waals surface area (Å²) in [6.45, 7) is 0. The summed E-state index contributed by atoms with van der Waals surface area (Å²) in [5.41, 5.74) is 1.36. The molecule has 6 atom stereocenters. The number of amides is 3. The lowest BCUT2D eigenvalue weighted by molar-refractivity contribution is -0.123. The molecule has 3 fully saturated rings. The van der Waals surface area contributed by atoms with Crippen molar-refractivity contribution in [2.45, 2.75) is 16.1 Å². The van der Waals surface area contributed by atoms with Crippen LogP contribution in [-0.4, -0.2) is 41.6 Å². The third-order valence-electron chi connectivity index (χ3n) is 7.03. The topological polar surface area (TPSA) is 84.9 Å². The van der Waals surface area contributed by atoms with Gasteiger partial charge in [-0.15, -0.1) is 0 Å². The van der Waals surface area contributed by atoms with Crippen LogP contribution in [0.1, 0.15) is 16.8 Å². The van der Waals surface area contributed by atoms with E-state index in [1.54, 1.807) is 49.6 Å². The van der Waals surface area contributed by atoms with Gasteiger partial charge in [-0.1, -0.05) is 31.9 Å². The predicted molar refractivity (Wildman–Crippen MR) is 130 cm³/mol. The Morgan fingerprint density at radius 1 is 0.939 bits per heavy atom. The second-order valence-corrected chi connectivity index (χ2v) is 10.7. The number of nitrogens with one attached hydrogen (secondary N) is 1. The number of rotatable bonds is 5. The number of hydrogen-bond acceptors (Lipinski definition) is 5. The molecular formula is C24H22Br2N2O5. The van der Waals surface area contributed by atoms with E-state index in [1.165, 1.54) is 12.0 Å². The Bertz CT molecular complexity index is 1110. The van der Waals surface area contributed by atoms with Crippen molar-refractivity contribution >= 4 is 61.0 Å². The molecule has 2 bridgehead atoms. The highest BCUT2D eigenvalue weighted by molar-refractivity contribution is 9.12. The second-order valence-electron chi connectivity index (χ2n) is 8.58. The van der Waals surface area contributed by atoms with Gasteiger partial charge in [0, 0.05) is 21.3 Å². The maximum atomic E-state index is 13.2. The molecule has 33 heavy (non-hydrogen) atoms. The summed E-state index contributed by atoms with van der Waals surface area (Å²) in [7, 11) is 3.07. The maximum Gasteiger partial charge on any atom is 0.255 e. The van der Waals surface area contributed by atoms with Crippen LogP contribution in [0.2, 0.25) is 0 Å². The average Bonchev–Trinajstić information content (AvgIpc) is 3.44. The fourth-order valence-electron chi connectivity index (χ4n) is 5.47. The molecular weight excluding hydrogens is 556 g/mol. The zero-order valence-electron chi connectivity index (χ0n) is 18.0. The molecule has 1 saturated heterocycles. The van der Waals surface area contributed by atoms with E-state index in [-0.39, 0.29) is 51.0 Å². The summed E-state index contributed by atoms with van der Waals surface area (Å²) in [4.78, 5) is 40.9. The maximum absolute atomic E-state index is 13.2. The first-order chi connectivity index (χ1) is 15.8. The van der Waals surface area contributed by atoms with E-state index in [0.717, 1.165) is 6.42 Å². The number of benzene rings is 2. The van der Waals surface area contributed by atoms with E-state index in [9.17, 15) is 14.4 Å². The van der Waals surface area contributed by atoms with Crippen LogP contribution in [0.3, 0.4) is 0 Å². The average molecular weight is 578 g/mol. The van der Waals surface area contributed by atoms with Crippen LogP contribution in [0.4, 0.5) is 11.4 Å². The van der Waals surface area contributed by atoms with Crippen molar-refractivity contribution in [2.24, 2.45) is 23.7 Å². The van der Waals surface area contributed by atoms with Gasteiger partial charge in [0.15, 0.2) is 0 Å². The summed E-state index contributed by atoms with van der Waals surface area (Å²) in [6.07, 6.45) is 0.888. The number of hydrogen-bond donors (Lipinski definition) is 1. The van der Waals surface area contributed by atoms with Crippen molar-refractivity contribution < 1.29 is 23.9 Å². The highest BCUT2D eigenvalue weighted by Crippen LogP contribution is 2.60. The minimum atomic E-state index is -0.341. The van der Waals surface area contributed by atoms with E-state index < -0.39 is 0 Å².